The standard InChI is InChI=1S/C26H21ClN4O3S2/c27-20-8-6-17(7-9-20)18-12-15-31(16-13-18)36(32,33)23-11-10-22(25-26(23)30-34-29-25)35-21-5-1-3-19-4-2-14-28-24(19)21/h1-11,14,18H,12-13,15-16H2. The highest BCUT2D eigenvalue weighted by Crippen LogP contribution is 2.39. The Morgan fingerprint density at radius 1 is 0.861 bits per heavy atom. The number of benzene rings is 3. The largest absolute Gasteiger partial charge is 0.255 e. The average Bonchev–Trinajstić information content (AvgIpc) is 3.40. The first kappa shape index (κ1) is 23.4. The Kier molecular flexibility index (Phi) is 6.17. The van der Waals surface area contributed by atoms with Crippen molar-refractivity contribution >= 4 is 55.3 Å². The molecule has 0 spiro atoms. The van der Waals surface area contributed by atoms with Crippen LogP contribution in [0.15, 0.2) is 92.2 Å². The second kappa shape index (κ2) is 9.48. The number of sulfonamides is 1. The molecule has 5 aromatic rings. The average molecular weight is 537 g/mol. The predicted molar refractivity (Wildman–Crippen MR) is 140 cm³/mol. The number of piperidine rings is 1. The Hall–Kier alpha value is -2.98. The zero-order valence-electron chi connectivity index (χ0n) is 19.0. The van der Waals surface area contributed by atoms with E-state index in [2.05, 4.69) is 15.3 Å². The van der Waals surface area contributed by atoms with Crippen molar-refractivity contribution in [3.63, 3.8) is 0 Å². The molecule has 10 heteroatoms. The van der Waals surface area contributed by atoms with Gasteiger partial charge in [0.2, 0.25) is 10.0 Å². The van der Waals surface area contributed by atoms with E-state index < -0.39 is 10.0 Å². The van der Waals surface area contributed by atoms with Gasteiger partial charge in [0.1, 0.15) is 4.90 Å². The molecule has 0 aliphatic carbocycles. The lowest BCUT2D eigenvalue weighted by Crippen LogP contribution is -2.38. The van der Waals surface area contributed by atoms with Crippen molar-refractivity contribution < 1.29 is 13.0 Å². The molecule has 36 heavy (non-hydrogen) atoms. The summed E-state index contributed by atoms with van der Waals surface area (Å²) >= 11 is 7.47. The zero-order valence-corrected chi connectivity index (χ0v) is 21.4. The molecule has 7 nitrogen and oxygen atoms in total. The van der Waals surface area contributed by atoms with Crippen LogP contribution in [0.4, 0.5) is 0 Å². The van der Waals surface area contributed by atoms with Crippen LogP contribution in [0, 0.1) is 0 Å². The minimum Gasteiger partial charge on any atom is -0.255 e. The highest BCUT2D eigenvalue weighted by atomic mass is 35.5. The summed E-state index contributed by atoms with van der Waals surface area (Å²) in [5, 5.41) is 9.76. The van der Waals surface area contributed by atoms with E-state index in [0.29, 0.717) is 29.5 Å². The lowest BCUT2D eigenvalue weighted by molar-refractivity contribution is 0.313. The van der Waals surface area contributed by atoms with E-state index >= 15 is 0 Å². The van der Waals surface area contributed by atoms with Crippen LogP contribution in [-0.2, 0) is 10.0 Å². The van der Waals surface area contributed by atoms with Crippen LogP contribution in [0.2, 0.25) is 5.02 Å². The second-order valence-electron chi connectivity index (χ2n) is 8.69. The fourth-order valence-corrected chi connectivity index (χ4v) is 7.42. The second-order valence-corrected chi connectivity index (χ2v) is 12.1. The van der Waals surface area contributed by atoms with Gasteiger partial charge in [0.15, 0.2) is 11.0 Å². The van der Waals surface area contributed by atoms with E-state index in [1.165, 1.54) is 21.6 Å². The Balaban J connectivity index is 1.27. The van der Waals surface area contributed by atoms with Gasteiger partial charge in [-0.25, -0.2) is 13.0 Å². The quantitative estimate of drug-likeness (QED) is 0.266. The molecule has 1 aliphatic heterocycles. The van der Waals surface area contributed by atoms with Crippen molar-refractivity contribution in [3.05, 3.63) is 83.5 Å². The molecular formula is C26H21ClN4O3S2. The van der Waals surface area contributed by atoms with E-state index in [0.717, 1.165) is 33.5 Å². The van der Waals surface area contributed by atoms with E-state index in [-0.39, 0.29) is 10.4 Å². The summed E-state index contributed by atoms with van der Waals surface area (Å²) in [5.41, 5.74) is 2.72. The number of rotatable bonds is 5. The molecule has 2 aromatic heterocycles. The highest BCUT2D eigenvalue weighted by Gasteiger charge is 2.32. The fourth-order valence-electron chi connectivity index (χ4n) is 4.69. The summed E-state index contributed by atoms with van der Waals surface area (Å²) in [5.74, 6) is 0.301. The number of fused-ring (bicyclic) bond motifs is 2. The monoisotopic (exact) mass is 536 g/mol. The molecule has 3 heterocycles. The van der Waals surface area contributed by atoms with E-state index in [1.807, 2.05) is 54.6 Å². The molecule has 1 saturated heterocycles. The zero-order chi connectivity index (χ0) is 24.7. The van der Waals surface area contributed by atoms with Crippen molar-refractivity contribution in [1.29, 1.82) is 0 Å². The third-order valence-electron chi connectivity index (χ3n) is 6.57. The van der Waals surface area contributed by atoms with Gasteiger partial charge in [-0.3, -0.25) is 4.98 Å². The van der Waals surface area contributed by atoms with Gasteiger partial charge in [-0.05, 0) is 71.0 Å². The summed E-state index contributed by atoms with van der Waals surface area (Å²) in [4.78, 5) is 6.32. The minimum atomic E-state index is -3.77. The van der Waals surface area contributed by atoms with E-state index in [9.17, 15) is 8.42 Å². The summed E-state index contributed by atoms with van der Waals surface area (Å²) in [6.45, 7) is 0.862. The minimum absolute atomic E-state index is 0.115. The number of para-hydroxylation sites is 1. The maximum Gasteiger partial charge on any atom is 0.245 e. The predicted octanol–water partition coefficient (Wildman–Crippen LogP) is 6.14. The fraction of sp³-hybridized carbons (Fsp3) is 0.192. The van der Waals surface area contributed by atoms with Gasteiger partial charge in [0, 0.05) is 39.5 Å². The molecule has 6 rings (SSSR count). The normalized spacial score (nSPS) is 15.6. The molecule has 182 valence electrons. The van der Waals surface area contributed by atoms with Crippen molar-refractivity contribution in [1.82, 2.24) is 19.6 Å². The van der Waals surface area contributed by atoms with E-state index in [4.69, 9.17) is 16.2 Å². The Labute approximate surface area is 217 Å². The van der Waals surface area contributed by atoms with Gasteiger partial charge in [0.25, 0.3) is 0 Å². The third kappa shape index (κ3) is 4.26. The molecule has 0 saturated carbocycles. The molecule has 0 N–H and O–H groups in total. The van der Waals surface area contributed by atoms with Crippen molar-refractivity contribution in [2.24, 2.45) is 0 Å². The Morgan fingerprint density at radius 2 is 1.58 bits per heavy atom. The smallest absolute Gasteiger partial charge is 0.245 e. The van der Waals surface area contributed by atoms with Crippen LogP contribution in [0.1, 0.15) is 24.3 Å². The van der Waals surface area contributed by atoms with Gasteiger partial charge in [-0.1, -0.05) is 53.7 Å². The topological polar surface area (TPSA) is 89.2 Å². The number of aromatic nitrogens is 3. The lowest BCUT2D eigenvalue weighted by Gasteiger charge is -2.31. The van der Waals surface area contributed by atoms with Crippen molar-refractivity contribution in [3.8, 4) is 0 Å². The Bertz CT molecular complexity index is 1660. The van der Waals surface area contributed by atoms with Gasteiger partial charge in [0.05, 0.1) is 5.52 Å². The van der Waals surface area contributed by atoms with Crippen LogP contribution in [0.5, 0.6) is 0 Å². The maximum atomic E-state index is 13.6. The van der Waals surface area contributed by atoms with Gasteiger partial charge < -0.3 is 0 Å². The van der Waals surface area contributed by atoms with E-state index in [1.54, 1.807) is 18.3 Å². The summed E-state index contributed by atoms with van der Waals surface area (Å²) in [7, 11) is -3.77. The summed E-state index contributed by atoms with van der Waals surface area (Å²) in [6, 6.07) is 21.0. The van der Waals surface area contributed by atoms with Crippen LogP contribution >= 0.6 is 23.4 Å². The van der Waals surface area contributed by atoms with Crippen LogP contribution < -0.4 is 0 Å². The van der Waals surface area contributed by atoms with Gasteiger partial charge in [-0.2, -0.15) is 4.31 Å². The molecule has 3 aromatic carbocycles. The number of halogens is 1. The third-order valence-corrected chi connectivity index (χ3v) is 9.85. The van der Waals surface area contributed by atoms with Crippen LogP contribution in [-0.4, -0.2) is 41.1 Å². The molecule has 1 fully saturated rings. The lowest BCUT2D eigenvalue weighted by atomic mass is 9.90. The molecule has 0 bridgehead atoms. The first-order chi connectivity index (χ1) is 17.5. The molecule has 0 atom stereocenters. The molecular weight excluding hydrogens is 516 g/mol. The van der Waals surface area contributed by atoms with Gasteiger partial charge >= 0.3 is 0 Å². The SMILES string of the molecule is O=S(=O)(c1ccc(Sc2cccc3cccnc23)c2nonc12)N1CCC(c2ccc(Cl)cc2)CC1. The number of pyridine rings is 1. The van der Waals surface area contributed by atoms with Gasteiger partial charge in [-0.15, -0.1) is 0 Å². The number of nitrogens with zero attached hydrogens (tertiary/aromatic N) is 4. The van der Waals surface area contributed by atoms with Crippen molar-refractivity contribution in [2.75, 3.05) is 13.1 Å². The first-order valence-corrected chi connectivity index (χ1v) is 14.2. The maximum absolute atomic E-state index is 13.6. The number of hydrogen-bond acceptors (Lipinski definition) is 7. The molecule has 1 aliphatic rings. The summed E-state index contributed by atoms with van der Waals surface area (Å²) in [6.07, 6.45) is 3.23. The highest BCUT2D eigenvalue weighted by molar-refractivity contribution is 7.99. The van der Waals surface area contributed by atoms with Crippen molar-refractivity contribution in [2.45, 2.75) is 33.4 Å². The van der Waals surface area contributed by atoms with Crippen LogP contribution in [0.25, 0.3) is 21.9 Å². The molecule has 0 amide bonds. The molecule has 0 unspecified atom stereocenters. The summed E-state index contributed by atoms with van der Waals surface area (Å²) < 4.78 is 33.8. The van der Waals surface area contributed by atoms with Crippen LogP contribution in [0.3, 0.4) is 0 Å². The number of hydrogen-bond donors (Lipinski definition) is 0. The Morgan fingerprint density at radius 3 is 2.39 bits per heavy atom. The first-order valence-electron chi connectivity index (χ1n) is 11.5. The molecule has 0 radical (unpaired) electrons.